The summed E-state index contributed by atoms with van der Waals surface area (Å²) in [6.45, 7) is 8.79. The molecule has 0 saturated carbocycles. The van der Waals surface area contributed by atoms with Crippen LogP contribution in [0.15, 0.2) is 52.1 Å². The lowest BCUT2D eigenvalue weighted by Gasteiger charge is -2.26. The summed E-state index contributed by atoms with van der Waals surface area (Å²) in [6.07, 6.45) is 1.68. The lowest BCUT2D eigenvalue weighted by atomic mass is 10.1. The van der Waals surface area contributed by atoms with Crippen molar-refractivity contribution in [2.24, 2.45) is 4.99 Å². The standard InChI is InChI=1S/C20H28N4O2/c1-2-21-20(23-15-19-7-4-10-26-19)22-14-17-5-3-6-18(13-17)16-24-8-11-25-12-9-24/h3-7,10,13H,2,8-9,11-12,14-16H2,1H3,(H2,21,22,23). The van der Waals surface area contributed by atoms with Gasteiger partial charge in [-0.3, -0.25) is 4.90 Å². The predicted octanol–water partition coefficient (Wildman–Crippen LogP) is 2.37. The summed E-state index contributed by atoms with van der Waals surface area (Å²) < 4.78 is 10.8. The number of benzene rings is 1. The van der Waals surface area contributed by atoms with Gasteiger partial charge in [0.25, 0.3) is 0 Å². The van der Waals surface area contributed by atoms with Crippen molar-refractivity contribution in [3.63, 3.8) is 0 Å². The highest BCUT2D eigenvalue weighted by Crippen LogP contribution is 2.11. The fourth-order valence-electron chi connectivity index (χ4n) is 2.94. The van der Waals surface area contributed by atoms with Gasteiger partial charge in [0.1, 0.15) is 5.76 Å². The zero-order chi connectivity index (χ0) is 18.0. The molecule has 0 unspecified atom stereocenters. The predicted molar refractivity (Wildman–Crippen MR) is 103 cm³/mol. The average Bonchev–Trinajstić information content (AvgIpc) is 3.19. The van der Waals surface area contributed by atoms with Crippen molar-refractivity contribution in [3.8, 4) is 0 Å². The largest absolute Gasteiger partial charge is 0.467 e. The summed E-state index contributed by atoms with van der Waals surface area (Å²) in [5.41, 5.74) is 2.54. The number of hydrogen-bond acceptors (Lipinski definition) is 4. The third-order valence-electron chi connectivity index (χ3n) is 4.28. The van der Waals surface area contributed by atoms with Gasteiger partial charge in [0.05, 0.1) is 32.6 Å². The third-order valence-corrected chi connectivity index (χ3v) is 4.28. The number of ether oxygens (including phenoxy) is 1. The van der Waals surface area contributed by atoms with Gasteiger partial charge in [-0.25, -0.2) is 4.99 Å². The molecule has 1 aliphatic rings. The van der Waals surface area contributed by atoms with E-state index >= 15 is 0 Å². The topological polar surface area (TPSA) is 62.0 Å². The van der Waals surface area contributed by atoms with Crippen LogP contribution in [0.3, 0.4) is 0 Å². The highest BCUT2D eigenvalue weighted by Gasteiger charge is 2.10. The summed E-state index contributed by atoms with van der Waals surface area (Å²) >= 11 is 0. The van der Waals surface area contributed by atoms with Crippen molar-refractivity contribution < 1.29 is 9.15 Å². The number of furan rings is 1. The van der Waals surface area contributed by atoms with Crippen molar-refractivity contribution in [1.82, 2.24) is 15.5 Å². The van der Waals surface area contributed by atoms with E-state index in [-0.39, 0.29) is 0 Å². The smallest absolute Gasteiger partial charge is 0.191 e. The first kappa shape index (κ1) is 18.5. The minimum atomic E-state index is 0.621. The number of nitrogens with one attached hydrogen (secondary N) is 2. The van der Waals surface area contributed by atoms with Crippen LogP contribution in [0.5, 0.6) is 0 Å². The van der Waals surface area contributed by atoms with Gasteiger partial charge in [-0.1, -0.05) is 24.3 Å². The Kier molecular flexibility index (Phi) is 7.10. The molecule has 1 aromatic heterocycles. The van der Waals surface area contributed by atoms with Crippen molar-refractivity contribution in [2.75, 3.05) is 32.8 Å². The van der Waals surface area contributed by atoms with Gasteiger partial charge in [0.2, 0.25) is 0 Å². The average molecular weight is 356 g/mol. The Morgan fingerprint density at radius 1 is 1.12 bits per heavy atom. The zero-order valence-electron chi connectivity index (χ0n) is 15.4. The maximum absolute atomic E-state index is 5.42. The van der Waals surface area contributed by atoms with E-state index in [9.17, 15) is 0 Å². The van der Waals surface area contributed by atoms with Crippen LogP contribution in [0.2, 0.25) is 0 Å². The first-order valence-corrected chi connectivity index (χ1v) is 9.26. The molecule has 0 bridgehead atoms. The highest BCUT2D eigenvalue weighted by molar-refractivity contribution is 5.79. The normalized spacial score (nSPS) is 15.8. The van der Waals surface area contributed by atoms with E-state index in [2.05, 4.69) is 46.7 Å². The fraction of sp³-hybridized carbons (Fsp3) is 0.450. The SMILES string of the molecule is CCNC(=NCc1cccc(CN2CCOCC2)c1)NCc1ccco1. The van der Waals surface area contributed by atoms with Gasteiger partial charge in [-0.15, -0.1) is 0 Å². The van der Waals surface area contributed by atoms with Crippen LogP contribution in [0, 0.1) is 0 Å². The number of aliphatic imine (C=N–C) groups is 1. The van der Waals surface area contributed by atoms with Crippen LogP contribution in [0.25, 0.3) is 0 Å². The van der Waals surface area contributed by atoms with E-state index in [1.165, 1.54) is 11.1 Å². The highest BCUT2D eigenvalue weighted by atomic mass is 16.5. The summed E-state index contributed by atoms with van der Waals surface area (Å²) in [5.74, 6) is 1.69. The van der Waals surface area contributed by atoms with Crippen molar-refractivity contribution in [2.45, 2.75) is 26.6 Å². The Bertz CT molecular complexity index is 679. The molecule has 140 valence electrons. The molecule has 0 atom stereocenters. The minimum Gasteiger partial charge on any atom is -0.467 e. The quantitative estimate of drug-likeness (QED) is 0.589. The number of guanidine groups is 1. The molecule has 6 heteroatoms. The molecule has 0 amide bonds. The molecule has 0 spiro atoms. The van der Waals surface area contributed by atoms with Crippen molar-refractivity contribution in [3.05, 3.63) is 59.5 Å². The second kappa shape index (κ2) is 9.99. The fourth-order valence-corrected chi connectivity index (χ4v) is 2.94. The summed E-state index contributed by atoms with van der Waals surface area (Å²) in [6, 6.07) is 12.5. The molecule has 1 fully saturated rings. The third kappa shape index (κ3) is 5.89. The van der Waals surface area contributed by atoms with Gasteiger partial charge < -0.3 is 19.8 Å². The lowest BCUT2D eigenvalue weighted by Crippen LogP contribution is -2.36. The molecule has 1 aliphatic heterocycles. The molecule has 0 radical (unpaired) electrons. The molecular weight excluding hydrogens is 328 g/mol. The van der Waals surface area contributed by atoms with Crippen LogP contribution in [-0.2, 0) is 24.4 Å². The molecule has 1 aromatic carbocycles. The summed E-state index contributed by atoms with van der Waals surface area (Å²) in [7, 11) is 0. The lowest BCUT2D eigenvalue weighted by molar-refractivity contribution is 0.0342. The minimum absolute atomic E-state index is 0.621. The van der Waals surface area contributed by atoms with Gasteiger partial charge >= 0.3 is 0 Å². The first-order chi connectivity index (χ1) is 12.8. The molecule has 26 heavy (non-hydrogen) atoms. The summed E-state index contributed by atoms with van der Waals surface area (Å²) in [4.78, 5) is 7.12. The number of morpholine rings is 1. The van der Waals surface area contributed by atoms with Gasteiger partial charge in [0.15, 0.2) is 5.96 Å². The monoisotopic (exact) mass is 356 g/mol. The van der Waals surface area contributed by atoms with Gasteiger partial charge in [-0.2, -0.15) is 0 Å². The number of hydrogen-bond donors (Lipinski definition) is 2. The maximum atomic E-state index is 5.42. The van der Waals surface area contributed by atoms with Crippen molar-refractivity contribution >= 4 is 5.96 Å². The van der Waals surface area contributed by atoms with Crippen LogP contribution in [0.4, 0.5) is 0 Å². The maximum Gasteiger partial charge on any atom is 0.191 e. The van der Waals surface area contributed by atoms with E-state index in [0.29, 0.717) is 13.1 Å². The second-order valence-electron chi connectivity index (χ2n) is 6.34. The van der Waals surface area contributed by atoms with E-state index in [4.69, 9.17) is 14.1 Å². The number of rotatable bonds is 7. The van der Waals surface area contributed by atoms with E-state index in [0.717, 1.165) is 51.1 Å². The van der Waals surface area contributed by atoms with Crippen LogP contribution < -0.4 is 10.6 Å². The van der Waals surface area contributed by atoms with Crippen molar-refractivity contribution in [1.29, 1.82) is 0 Å². The zero-order valence-corrected chi connectivity index (χ0v) is 15.4. The molecule has 2 N–H and O–H groups in total. The molecule has 3 rings (SSSR count). The van der Waals surface area contributed by atoms with E-state index < -0.39 is 0 Å². The first-order valence-electron chi connectivity index (χ1n) is 9.26. The van der Waals surface area contributed by atoms with E-state index in [1.807, 2.05) is 12.1 Å². The molecule has 2 heterocycles. The Morgan fingerprint density at radius 3 is 2.73 bits per heavy atom. The van der Waals surface area contributed by atoms with Crippen LogP contribution >= 0.6 is 0 Å². The Morgan fingerprint density at radius 2 is 1.96 bits per heavy atom. The second-order valence-corrected chi connectivity index (χ2v) is 6.34. The molecule has 2 aromatic rings. The van der Waals surface area contributed by atoms with Gasteiger partial charge in [0, 0.05) is 26.2 Å². The van der Waals surface area contributed by atoms with E-state index in [1.54, 1.807) is 6.26 Å². The molecular formula is C20H28N4O2. The molecule has 1 saturated heterocycles. The van der Waals surface area contributed by atoms with Gasteiger partial charge in [-0.05, 0) is 30.2 Å². The summed E-state index contributed by atoms with van der Waals surface area (Å²) in [5, 5.41) is 6.57. The Hall–Kier alpha value is -2.31. The van der Waals surface area contributed by atoms with Crippen LogP contribution in [0.1, 0.15) is 23.8 Å². The number of nitrogens with zero attached hydrogens (tertiary/aromatic N) is 2. The molecule has 6 nitrogen and oxygen atoms in total. The Balaban J connectivity index is 1.56. The van der Waals surface area contributed by atoms with Crippen LogP contribution in [-0.4, -0.2) is 43.7 Å². The molecule has 0 aliphatic carbocycles. The Labute approximate surface area is 155 Å².